The molecule has 0 radical (unpaired) electrons. The van der Waals surface area contributed by atoms with Crippen molar-refractivity contribution in [3.05, 3.63) is 101 Å². The molecule has 68 heavy (non-hydrogen) atoms. The molecule has 8 rings (SSSR count). The number of hydrogen-bond acceptors (Lipinski definition) is 12. The fourth-order valence-electron chi connectivity index (χ4n) is 8.75. The third kappa shape index (κ3) is 10.9. The first kappa shape index (κ1) is 48.0. The second kappa shape index (κ2) is 21.2. The van der Waals surface area contributed by atoms with E-state index in [1.54, 1.807) is 50.2 Å². The number of nitrogens with zero attached hydrogens (tertiary/aromatic N) is 10. The van der Waals surface area contributed by atoms with Crippen LogP contribution in [0.1, 0.15) is 29.4 Å². The molecule has 5 heterocycles. The molecule has 2 atom stereocenters. The molecule has 2 aromatic carbocycles. The van der Waals surface area contributed by atoms with Crippen LogP contribution in [0, 0.1) is 0 Å². The lowest BCUT2D eigenvalue weighted by molar-refractivity contribution is -0.134. The lowest BCUT2D eigenvalue weighted by atomic mass is 10.0. The van der Waals surface area contributed by atoms with Crippen LogP contribution in [0.5, 0.6) is 0 Å². The molecule has 1 aromatic heterocycles. The van der Waals surface area contributed by atoms with Gasteiger partial charge in [-0.15, -0.1) is 0 Å². The average molecular weight is 988 g/mol. The molecule has 358 valence electrons. The highest BCUT2D eigenvalue weighted by Gasteiger charge is 2.42. The van der Waals surface area contributed by atoms with Crippen molar-refractivity contribution in [3.8, 4) is 0 Å². The Bertz CT molecular complexity index is 2480. The molecule has 23 heteroatoms. The van der Waals surface area contributed by atoms with Crippen molar-refractivity contribution in [1.29, 1.82) is 0 Å². The number of piperazine rings is 2. The maximum Gasteiger partial charge on any atom is 0.336 e. The Morgan fingerprint density at radius 3 is 1.60 bits per heavy atom. The van der Waals surface area contributed by atoms with Crippen LogP contribution in [0.25, 0.3) is 0 Å². The smallest absolute Gasteiger partial charge is 0.336 e. The molecule has 6 amide bonds. The van der Waals surface area contributed by atoms with Gasteiger partial charge in [-0.25, -0.2) is 29.5 Å². The van der Waals surface area contributed by atoms with Crippen LogP contribution in [0.2, 0.25) is 15.1 Å². The number of nitrogens with one attached hydrogen (secondary N) is 6. The number of anilines is 5. The SMILES string of the molecule is C=CN=C(N=C)Nc1cc(Cl)c(C2CC2c2cnc(Nc3cc(Cl)c(Cl)cc3NNC(=O)N3CCN(C4CN(C(=O)C=C)C4)CC3)nc2)cc1NNC(=O)N1CCN(C2CN(C(=O)C=C)C2)CC1. The third-order valence-electron chi connectivity index (χ3n) is 12.9. The highest BCUT2D eigenvalue weighted by Crippen LogP contribution is 2.57. The van der Waals surface area contributed by atoms with Crippen LogP contribution in [-0.4, -0.2) is 167 Å². The quantitative estimate of drug-likeness (QED) is 0.0536. The lowest BCUT2D eigenvalue weighted by Crippen LogP contribution is -2.64. The summed E-state index contributed by atoms with van der Waals surface area (Å²) in [5, 5.41) is 7.37. The summed E-state index contributed by atoms with van der Waals surface area (Å²) in [4.78, 5) is 79.2. The van der Waals surface area contributed by atoms with Crippen LogP contribution in [0.4, 0.5) is 38.3 Å². The summed E-state index contributed by atoms with van der Waals surface area (Å²) in [5.41, 5.74) is 15.4. The third-order valence-corrected chi connectivity index (χ3v) is 13.9. The van der Waals surface area contributed by atoms with Gasteiger partial charge in [0.1, 0.15) is 0 Å². The van der Waals surface area contributed by atoms with Crippen molar-refractivity contribution in [3.63, 3.8) is 0 Å². The predicted octanol–water partition coefficient (Wildman–Crippen LogP) is 5.17. The maximum absolute atomic E-state index is 13.4. The van der Waals surface area contributed by atoms with Crippen LogP contribution >= 0.6 is 34.8 Å². The van der Waals surface area contributed by atoms with E-state index in [1.165, 1.54) is 18.4 Å². The van der Waals surface area contributed by atoms with E-state index in [-0.39, 0.29) is 58.8 Å². The van der Waals surface area contributed by atoms with E-state index in [0.29, 0.717) is 117 Å². The Hall–Kier alpha value is -6.45. The molecule has 5 fully saturated rings. The number of likely N-dealkylation sites (tertiary alicyclic amines) is 2. The molecule has 0 bridgehead atoms. The van der Waals surface area contributed by atoms with Gasteiger partial charge in [-0.05, 0) is 72.5 Å². The number of benzene rings is 2. The Morgan fingerprint density at radius 1 is 0.632 bits per heavy atom. The minimum atomic E-state index is -0.302. The molecule has 2 unspecified atom stereocenters. The van der Waals surface area contributed by atoms with Gasteiger partial charge in [0.2, 0.25) is 23.7 Å². The summed E-state index contributed by atoms with van der Waals surface area (Å²) in [6.07, 6.45) is 8.29. The molecule has 4 aliphatic heterocycles. The van der Waals surface area contributed by atoms with Crippen LogP contribution in [0.3, 0.4) is 0 Å². The van der Waals surface area contributed by atoms with E-state index in [2.05, 4.69) is 88.5 Å². The Labute approximate surface area is 409 Å². The second-order valence-corrected chi connectivity index (χ2v) is 18.1. The highest BCUT2D eigenvalue weighted by atomic mass is 35.5. The van der Waals surface area contributed by atoms with Crippen molar-refractivity contribution in [2.24, 2.45) is 9.98 Å². The van der Waals surface area contributed by atoms with Gasteiger partial charge in [-0.1, -0.05) is 54.5 Å². The number of halogens is 3. The molecule has 3 aromatic rings. The highest BCUT2D eigenvalue weighted by molar-refractivity contribution is 6.42. The number of urea groups is 2. The molecule has 1 saturated carbocycles. The van der Waals surface area contributed by atoms with Gasteiger partial charge >= 0.3 is 12.1 Å². The fraction of sp³-hybridized carbons (Fsp3) is 0.378. The van der Waals surface area contributed by atoms with E-state index in [9.17, 15) is 19.2 Å². The topological polar surface area (TPSA) is 210 Å². The van der Waals surface area contributed by atoms with Gasteiger partial charge < -0.3 is 30.2 Å². The van der Waals surface area contributed by atoms with Gasteiger partial charge in [-0.3, -0.25) is 41.1 Å². The van der Waals surface area contributed by atoms with Crippen LogP contribution in [-0.2, 0) is 9.59 Å². The normalized spacial score (nSPS) is 20.0. The lowest BCUT2D eigenvalue weighted by Gasteiger charge is -2.47. The zero-order valence-electron chi connectivity index (χ0n) is 37.3. The first-order valence-corrected chi connectivity index (χ1v) is 23.3. The number of hydrazine groups is 2. The zero-order chi connectivity index (χ0) is 48.1. The number of guanidine groups is 1. The van der Waals surface area contributed by atoms with E-state index in [0.717, 1.165) is 17.5 Å². The molecule has 6 N–H and O–H groups in total. The summed E-state index contributed by atoms with van der Waals surface area (Å²) >= 11 is 19.8. The number of aliphatic imine (C=N–C) groups is 2. The van der Waals surface area contributed by atoms with Crippen LogP contribution in [0.15, 0.2) is 84.7 Å². The van der Waals surface area contributed by atoms with Crippen molar-refractivity contribution in [2.75, 3.05) is 100 Å². The van der Waals surface area contributed by atoms with Crippen molar-refractivity contribution < 1.29 is 19.2 Å². The maximum atomic E-state index is 13.4. The fourth-order valence-corrected chi connectivity index (χ4v) is 9.38. The number of carbonyl (C=O) groups is 4. The van der Waals surface area contributed by atoms with E-state index in [4.69, 9.17) is 34.8 Å². The van der Waals surface area contributed by atoms with Gasteiger partial charge in [-0.2, -0.15) is 0 Å². The summed E-state index contributed by atoms with van der Waals surface area (Å²) in [6.45, 7) is 21.9. The summed E-state index contributed by atoms with van der Waals surface area (Å²) < 4.78 is 0. The largest absolute Gasteiger partial charge is 0.336 e. The van der Waals surface area contributed by atoms with Crippen LogP contribution < -0.4 is 32.3 Å². The van der Waals surface area contributed by atoms with Crippen molar-refractivity contribution in [2.45, 2.75) is 30.3 Å². The summed E-state index contributed by atoms with van der Waals surface area (Å²) in [6, 6.07) is 6.82. The molecular formula is C45H53Cl3N16O4. The predicted molar refractivity (Wildman–Crippen MR) is 266 cm³/mol. The van der Waals surface area contributed by atoms with Gasteiger partial charge in [0.05, 0.1) is 32.8 Å². The molecular weight excluding hydrogens is 935 g/mol. The van der Waals surface area contributed by atoms with E-state index in [1.807, 2.05) is 6.07 Å². The summed E-state index contributed by atoms with van der Waals surface area (Å²) in [5.74, 6) is 0.443. The van der Waals surface area contributed by atoms with Gasteiger partial charge in [0, 0.05) is 114 Å². The minimum Gasteiger partial charge on any atom is -0.336 e. The summed E-state index contributed by atoms with van der Waals surface area (Å²) in [7, 11) is 0. The van der Waals surface area contributed by atoms with Gasteiger partial charge in [0.25, 0.3) is 0 Å². The first-order chi connectivity index (χ1) is 32.8. The molecule has 0 spiro atoms. The molecule has 1 aliphatic carbocycles. The zero-order valence-corrected chi connectivity index (χ0v) is 39.5. The average Bonchev–Trinajstić information content (AvgIpc) is 4.12. The van der Waals surface area contributed by atoms with E-state index < -0.39 is 0 Å². The molecule has 5 aliphatic rings. The standard InChI is InChI=1S/C45H53Cl3N16O4/c1-5-40(65)63-23-28(24-63)59-8-12-61(13-9-59)44(67)57-55-38-17-32(33(46)18-36(38)53-42(49-4)50-7-3)31-16-30(31)27-21-51-43(52-22-27)54-37-19-34(47)35(48)20-39(37)56-58-45(68)62-14-10-60(11-15-62)29-25-64(26-29)41(66)6-2/h5-7,17-22,28-31,55-56H,1-4,8-16,23-26H2,(H,50,53)(H,57,67)(H,58,68)(H,51,52,54). The first-order valence-electron chi connectivity index (χ1n) is 22.1. The molecule has 4 saturated heterocycles. The van der Waals surface area contributed by atoms with E-state index >= 15 is 0 Å². The Balaban J connectivity index is 0.867. The number of hydrogen-bond donors (Lipinski definition) is 6. The second-order valence-electron chi connectivity index (χ2n) is 16.9. The number of carbonyl (C=O) groups excluding carboxylic acids is 4. The number of rotatable bonds is 14. The number of amides is 6. The van der Waals surface area contributed by atoms with Gasteiger partial charge in [0.15, 0.2) is 0 Å². The monoisotopic (exact) mass is 986 g/mol. The minimum absolute atomic E-state index is 0.0281. The molecule has 20 nitrogen and oxygen atoms in total. The Kier molecular flexibility index (Phi) is 15.0. The van der Waals surface area contributed by atoms with Crippen molar-refractivity contribution >= 4 is 100 Å². The number of aromatic nitrogens is 2. The Morgan fingerprint density at radius 2 is 1.12 bits per heavy atom. The van der Waals surface area contributed by atoms with Crippen molar-refractivity contribution in [1.82, 2.24) is 50.2 Å².